The summed E-state index contributed by atoms with van der Waals surface area (Å²) in [7, 11) is 0. The monoisotopic (exact) mass is 403 g/mol. The molecule has 0 bridgehead atoms. The molecule has 4 rings (SSSR count). The molecule has 2 heterocycles. The van der Waals surface area contributed by atoms with Crippen LogP contribution in [-0.2, 0) is 9.59 Å². The number of H-pyrrole nitrogens is 1. The van der Waals surface area contributed by atoms with E-state index in [0.29, 0.717) is 17.8 Å². The third-order valence-electron chi connectivity index (χ3n) is 5.50. The molecule has 2 unspecified atom stereocenters. The number of carbonyl (C=O) groups is 2. The van der Waals surface area contributed by atoms with E-state index >= 15 is 0 Å². The minimum absolute atomic E-state index is 0.117. The molecular weight excluding hydrogens is 378 g/mol. The van der Waals surface area contributed by atoms with E-state index in [-0.39, 0.29) is 30.2 Å². The summed E-state index contributed by atoms with van der Waals surface area (Å²) in [6.45, 7) is 4.17. The third kappa shape index (κ3) is 3.96. The van der Waals surface area contributed by atoms with E-state index in [2.05, 4.69) is 34.2 Å². The number of nitrogens with zero attached hydrogens (tertiary/aromatic N) is 3. The van der Waals surface area contributed by atoms with Crippen molar-refractivity contribution in [3.05, 3.63) is 60.4 Å². The first-order valence-corrected chi connectivity index (χ1v) is 10.3. The molecule has 0 saturated heterocycles. The van der Waals surface area contributed by atoms with E-state index in [4.69, 9.17) is 0 Å². The van der Waals surface area contributed by atoms with Gasteiger partial charge < -0.3 is 10.3 Å². The van der Waals surface area contributed by atoms with Gasteiger partial charge in [-0.2, -0.15) is 5.10 Å². The number of aromatic amines is 1. The highest BCUT2D eigenvalue weighted by molar-refractivity contribution is 6.40. The summed E-state index contributed by atoms with van der Waals surface area (Å²) in [6, 6.07) is 16.7. The summed E-state index contributed by atoms with van der Waals surface area (Å²) in [4.78, 5) is 33.4. The highest BCUT2D eigenvalue weighted by Crippen LogP contribution is 2.25. The highest BCUT2D eigenvalue weighted by Gasteiger charge is 2.29. The maximum absolute atomic E-state index is 13.1. The molecule has 0 aliphatic carbocycles. The lowest BCUT2D eigenvalue weighted by Crippen LogP contribution is -2.42. The minimum Gasteiger partial charge on any atom is -0.341 e. The Bertz CT molecular complexity index is 1060. The summed E-state index contributed by atoms with van der Waals surface area (Å²) in [5.41, 5.74) is 2.81. The van der Waals surface area contributed by atoms with Crippen molar-refractivity contribution in [3.8, 4) is 0 Å². The first kappa shape index (κ1) is 19.8. The number of rotatable bonds is 6. The molecule has 0 saturated carbocycles. The Morgan fingerprint density at radius 1 is 1.13 bits per heavy atom. The van der Waals surface area contributed by atoms with Gasteiger partial charge >= 0.3 is 0 Å². The smallest absolute Gasteiger partial charge is 0.268 e. The second-order valence-electron chi connectivity index (χ2n) is 7.56. The van der Waals surface area contributed by atoms with Crippen molar-refractivity contribution >= 4 is 34.2 Å². The number of amides is 2. The fourth-order valence-electron chi connectivity index (χ4n) is 3.55. The quantitative estimate of drug-likeness (QED) is 0.653. The number of hydrazone groups is 1. The fourth-order valence-corrected chi connectivity index (χ4v) is 3.55. The molecule has 2 aromatic carbocycles. The number of anilines is 1. The predicted molar refractivity (Wildman–Crippen MR) is 117 cm³/mol. The maximum atomic E-state index is 13.1. The van der Waals surface area contributed by atoms with Gasteiger partial charge in [0.1, 0.15) is 11.5 Å². The Morgan fingerprint density at radius 2 is 1.87 bits per heavy atom. The summed E-state index contributed by atoms with van der Waals surface area (Å²) in [5.74, 6) is 0.513. The topological polar surface area (TPSA) is 90.4 Å². The zero-order valence-corrected chi connectivity index (χ0v) is 17.1. The molecule has 2 N–H and O–H groups in total. The number of carbonyl (C=O) groups excluding carboxylic acids is 2. The largest absolute Gasteiger partial charge is 0.341 e. The molecule has 0 radical (unpaired) electrons. The van der Waals surface area contributed by atoms with Gasteiger partial charge in [0.25, 0.3) is 5.91 Å². The summed E-state index contributed by atoms with van der Waals surface area (Å²) >= 11 is 0. The van der Waals surface area contributed by atoms with Gasteiger partial charge in [-0.3, -0.25) is 9.59 Å². The number of hydrogen-bond acceptors (Lipinski definition) is 4. The Morgan fingerprint density at radius 3 is 2.60 bits per heavy atom. The average Bonchev–Trinajstić information content (AvgIpc) is 3.21. The number of fused-ring (bicyclic) bond motifs is 1. The van der Waals surface area contributed by atoms with Crippen LogP contribution in [0.3, 0.4) is 0 Å². The van der Waals surface area contributed by atoms with Gasteiger partial charge in [-0.25, -0.2) is 9.99 Å². The van der Waals surface area contributed by atoms with Gasteiger partial charge in [-0.15, -0.1) is 0 Å². The van der Waals surface area contributed by atoms with Crippen molar-refractivity contribution in [2.24, 2.45) is 11.0 Å². The van der Waals surface area contributed by atoms with E-state index in [1.807, 2.05) is 42.5 Å². The number of para-hydroxylation sites is 3. The first-order valence-electron chi connectivity index (χ1n) is 10.3. The van der Waals surface area contributed by atoms with Gasteiger partial charge in [0.2, 0.25) is 5.91 Å². The number of hydrogen-bond donors (Lipinski definition) is 2. The molecule has 7 heteroatoms. The van der Waals surface area contributed by atoms with Crippen LogP contribution >= 0.6 is 0 Å². The second kappa shape index (κ2) is 8.49. The Labute approximate surface area is 175 Å². The summed E-state index contributed by atoms with van der Waals surface area (Å²) in [5, 5.41) is 8.78. The van der Waals surface area contributed by atoms with Crippen LogP contribution in [0.2, 0.25) is 0 Å². The average molecular weight is 403 g/mol. The number of benzene rings is 2. The van der Waals surface area contributed by atoms with Crippen LogP contribution in [0.4, 0.5) is 5.69 Å². The Hall–Kier alpha value is -3.48. The number of imidazole rings is 1. The molecule has 0 spiro atoms. The molecule has 2 amide bonds. The van der Waals surface area contributed by atoms with Crippen molar-refractivity contribution in [1.82, 2.24) is 15.3 Å². The maximum Gasteiger partial charge on any atom is 0.268 e. The normalized spacial score (nSPS) is 16.3. The van der Waals surface area contributed by atoms with E-state index < -0.39 is 0 Å². The van der Waals surface area contributed by atoms with Crippen molar-refractivity contribution in [1.29, 1.82) is 0 Å². The SMILES string of the molecule is CCC(C)C(NC(=O)C1=NN(c2ccccc2)C(=O)CC1)c1nc2ccccc2[nH]1. The second-order valence-corrected chi connectivity index (χ2v) is 7.56. The Kier molecular flexibility index (Phi) is 5.61. The lowest BCUT2D eigenvalue weighted by Gasteiger charge is -2.26. The molecule has 0 fully saturated rings. The standard InChI is InChI=1S/C23H25N5O2/c1-3-15(2)21(22-24-17-11-7-8-12-18(17)25-22)26-23(30)19-13-14-20(29)28(27-19)16-9-5-4-6-10-16/h4-12,15,21H,3,13-14H2,1-2H3,(H,24,25)(H,26,30). The van der Waals surface area contributed by atoms with Gasteiger partial charge in [-0.1, -0.05) is 50.6 Å². The van der Waals surface area contributed by atoms with E-state index in [1.54, 1.807) is 12.1 Å². The molecule has 3 aromatic rings. The molecule has 2 atom stereocenters. The van der Waals surface area contributed by atoms with Gasteiger partial charge in [0.15, 0.2) is 0 Å². The van der Waals surface area contributed by atoms with Crippen molar-refractivity contribution in [2.45, 2.75) is 39.2 Å². The van der Waals surface area contributed by atoms with Gasteiger partial charge in [0.05, 0.1) is 22.8 Å². The van der Waals surface area contributed by atoms with Crippen LogP contribution < -0.4 is 10.3 Å². The zero-order chi connectivity index (χ0) is 21.1. The minimum atomic E-state index is -0.277. The highest BCUT2D eigenvalue weighted by atomic mass is 16.2. The van der Waals surface area contributed by atoms with Crippen LogP contribution in [0, 0.1) is 5.92 Å². The van der Waals surface area contributed by atoms with Crippen LogP contribution in [0.5, 0.6) is 0 Å². The summed E-state index contributed by atoms with van der Waals surface area (Å²) in [6.07, 6.45) is 1.45. The van der Waals surface area contributed by atoms with Crippen LogP contribution in [-0.4, -0.2) is 27.5 Å². The van der Waals surface area contributed by atoms with Crippen LogP contribution in [0.15, 0.2) is 59.7 Å². The van der Waals surface area contributed by atoms with Crippen LogP contribution in [0.1, 0.15) is 45.0 Å². The van der Waals surface area contributed by atoms with Crippen molar-refractivity contribution in [3.63, 3.8) is 0 Å². The molecule has 154 valence electrons. The zero-order valence-electron chi connectivity index (χ0n) is 17.1. The lowest BCUT2D eigenvalue weighted by atomic mass is 9.98. The molecule has 30 heavy (non-hydrogen) atoms. The molecule has 1 aromatic heterocycles. The first-order chi connectivity index (χ1) is 14.6. The molecular formula is C23H25N5O2. The molecule has 1 aliphatic heterocycles. The van der Waals surface area contributed by atoms with Crippen molar-refractivity contribution < 1.29 is 9.59 Å². The van der Waals surface area contributed by atoms with E-state index in [1.165, 1.54) is 5.01 Å². The predicted octanol–water partition coefficient (Wildman–Crippen LogP) is 3.95. The van der Waals surface area contributed by atoms with Crippen molar-refractivity contribution in [2.75, 3.05) is 5.01 Å². The van der Waals surface area contributed by atoms with Gasteiger partial charge in [-0.05, 0) is 30.2 Å². The molecule has 1 aliphatic rings. The molecule has 7 nitrogen and oxygen atoms in total. The number of aromatic nitrogens is 2. The fraction of sp³-hybridized carbons (Fsp3) is 0.304. The lowest BCUT2D eigenvalue weighted by molar-refractivity contribution is -0.119. The van der Waals surface area contributed by atoms with E-state index in [9.17, 15) is 9.59 Å². The number of nitrogens with one attached hydrogen (secondary N) is 2. The third-order valence-corrected chi connectivity index (χ3v) is 5.50. The summed E-state index contributed by atoms with van der Waals surface area (Å²) < 4.78 is 0. The Balaban J connectivity index is 1.60. The van der Waals surface area contributed by atoms with E-state index in [0.717, 1.165) is 23.3 Å². The van der Waals surface area contributed by atoms with Gasteiger partial charge in [0, 0.05) is 12.8 Å². The van der Waals surface area contributed by atoms with Crippen LogP contribution in [0.25, 0.3) is 11.0 Å².